The zero-order valence-electron chi connectivity index (χ0n) is 10.3. The van der Waals surface area contributed by atoms with Gasteiger partial charge in [-0.05, 0) is 37.6 Å². The van der Waals surface area contributed by atoms with E-state index in [1.807, 2.05) is 0 Å². The second kappa shape index (κ2) is 5.03. The number of phenolic OH excluding ortho intramolecular Hbond substituents is 1. The van der Waals surface area contributed by atoms with Crippen LogP contribution in [0.5, 0.6) is 5.75 Å². The second-order valence-electron chi connectivity index (χ2n) is 4.08. The van der Waals surface area contributed by atoms with Crippen molar-refractivity contribution in [3.05, 3.63) is 39.7 Å². The summed E-state index contributed by atoms with van der Waals surface area (Å²) in [4.78, 5) is 0. The van der Waals surface area contributed by atoms with Gasteiger partial charge < -0.3 is 5.11 Å². The monoisotopic (exact) mass is 317 g/mol. The highest BCUT2D eigenvalue weighted by Crippen LogP contribution is 2.32. The second-order valence-corrected chi connectivity index (χ2v) is 7.64. The Labute approximate surface area is 120 Å². The predicted molar refractivity (Wildman–Crippen MR) is 77.7 cm³/mol. The number of benzene rings is 1. The van der Waals surface area contributed by atoms with Crippen LogP contribution in [0.4, 0.5) is 5.69 Å². The molecule has 0 saturated carbocycles. The molecular weight excluding hydrogens is 306 g/mol. The quantitative estimate of drug-likeness (QED) is 0.910. The lowest BCUT2D eigenvalue weighted by atomic mass is 10.2. The van der Waals surface area contributed by atoms with Crippen molar-refractivity contribution in [1.82, 2.24) is 0 Å². The molecule has 0 fully saturated rings. The highest BCUT2D eigenvalue weighted by molar-refractivity contribution is 7.94. The summed E-state index contributed by atoms with van der Waals surface area (Å²) >= 11 is 6.88. The highest BCUT2D eigenvalue weighted by atomic mass is 35.5. The smallest absolute Gasteiger partial charge is 0.271 e. The molecule has 2 aromatic rings. The Balaban J connectivity index is 2.39. The van der Waals surface area contributed by atoms with E-state index in [0.29, 0.717) is 15.6 Å². The number of anilines is 1. The molecule has 0 aliphatic heterocycles. The van der Waals surface area contributed by atoms with Gasteiger partial charge in [0, 0.05) is 5.56 Å². The van der Waals surface area contributed by atoms with E-state index in [0.717, 1.165) is 16.9 Å². The van der Waals surface area contributed by atoms with Crippen molar-refractivity contribution in [2.45, 2.75) is 18.1 Å². The Hall–Kier alpha value is -1.24. The molecular formula is C12H12ClNO3S2. The van der Waals surface area contributed by atoms with Crippen molar-refractivity contribution in [2.75, 3.05) is 4.72 Å². The van der Waals surface area contributed by atoms with E-state index >= 15 is 0 Å². The van der Waals surface area contributed by atoms with Gasteiger partial charge in [0.2, 0.25) is 0 Å². The number of rotatable bonds is 3. The first-order valence-electron chi connectivity index (χ1n) is 5.38. The van der Waals surface area contributed by atoms with Crippen LogP contribution in [-0.2, 0) is 10.0 Å². The molecule has 1 aromatic heterocycles. The van der Waals surface area contributed by atoms with E-state index in [1.54, 1.807) is 26.0 Å². The molecule has 0 radical (unpaired) electrons. The third-order valence-electron chi connectivity index (χ3n) is 2.65. The number of phenols is 1. The molecule has 0 aliphatic carbocycles. The first-order chi connectivity index (χ1) is 8.81. The molecule has 0 atom stereocenters. The summed E-state index contributed by atoms with van der Waals surface area (Å²) in [5, 5.41) is 9.56. The van der Waals surface area contributed by atoms with E-state index in [9.17, 15) is 13.5 Å². The van der Waals surface area contributed by atoms with Crippen LogP contribution in [0.25, 0.3) is 0 Å². The maximum atomic E-state index is 12.2. The molecule has 1 aromatic carbocycles. The van der Waals surface area contributed by atoms with E-state index in [2.05, 4.69) is 4.72 Å². The van der Waals surface area contributed by atoms with Crippen molar-refractivity contribution in [3.63, 3.8) is 0 Å². The fourth-order valence-corrected chi connectivity index (χ4v) is 4.32. The topological polar surface area (TPSA) is 66.4 Å². The summed E-state index contributed by atoms with van der Waals surface area (Å²) in [6.45, 7) is 3.39. The molecule has 0 saturated heterocycles. The molecule has 0 unspecified atom stereocenters. The molecule has 1 heterocycles. The molecule has 0 amide bonds. The van der Waals surface area contributed by atoms with Crippen molar-refractivity contribution in [1.29, 1.82) is 0 Å². The third kappa shape index (κ3) is 2.86. The Morgan fingerprint density at radius 1 is 1.32 bits per heavy atom. The summed E-state index contributed by atoms with van der Waals surface area (Å²) in [6, 6.07) is 6.19. The van der Waals surface area contributed by atoms with Gasteiger partial charge in [-0.2, -0.15) is 0 Å². The number of hydrogen-bond donors (Lipinski definition) is 2. The minimum atomic E-state index is -3.68. The van der Waals surface area contributed by atoms with Gasteiger partial charge in [0.25, 0.3) is 10.0 Å². The minimum Gasteiger partial charge on any atom is -0.508 e. The van der Waals surface area contributed by atoms with Gasteiger partial charge >= 0.3 is 0 Å². The van der Waals surface area contributed by atoms with Gasteiger partial charge in [-0.25, -0.2) is 8.42 Å². The fourth-order valence-electron chi connectivity index (χ4n) is 1.49. The van der Waals surface area contributed by atoms with Crippen LogP contribution < -0.4 is 4.72 Å². The van der Waals surface area contributed by atoms with Crippen LogP contribution in [0.1, 0.15) is 11.1 Å². The van der Waals surface area contributed by atoms with Crippen LogP contribution >= 0.6 is 22.9 Å². The molecule has 7 heteroatoms. The average Bonchev–Trinajstić information content (AvgIpc) is 2.66. The number of halogens is 1. The number of aromatic hydroxyl groups is 1. The molecule has 4 nitrogen and oxygen atoms in total. The Bertz CT molecular complexity index is 703. The minimum absolute atomic E-state index is 0.0422. The number of nitrogens with one attached hydrogen (secondary N) is 1. The summed E-state index contributed by atoms with van der Waals surface area (Å²) in [6.07, 6.45) is 0. The first kappa shape index (κ1) is 14.2. The van der Waals surface area contributed by atoms with E-state index in [4.69, 9.17) is 11.6 Å². The van der Waals surface area contributed by atoms with Gasteiger partial charge in [-0.3, -0.25) is 4.72 Å². The average molecular weight is 318 g/mol. The lowest BCUT2D eigenvalue weighted by Crippen LogP contribution is -2.12. The van der Waals surface area contributed by atoms with Crippen LogP contribution in [0.3, 0.4) is 0 Å². The van der Waals surface area contributed by atoms with Gasteiger partial charge in [0.15, 0.2) is 0 Å². The molecule has 0 bridgehead atoms. The Kier molecular flexibility index (Phi) is 3.75. The summed E-state index contributed by atoms with van der Waals surface area (Å²) in [5.41, 5.74) is 1.55. The van der Waals surface area contributed by atoms with Gasteiger partial charge in [-0.1, -0.05) is 17.7 Å². The number of thiophene rings is 1. The Morgan fingerprint density at radius 2 is 2.00 bits per heavy atom. The molecule has 19 heavy (non-hydrogen) atoms. The molecule has 102 valence electrons. The predicted octanol–water partition coefficient (Wildman–Crippen LogP) is 3.52. The van der Waals surface area contributed by atoms with E-state index in [-0.39, 0.29) is 9.96 Å². The van der Waals surface area contributed by atoms with Gasteiger partial charge in [-0.15, -0.1) is 11.3 Å². The standard InChI is InChI=1S/C12H12ClNO3S2/c1-7-6-11(18-12(7)13)19(16,17)14-9-4-3-5-10(15)8(9)2/h3-6,14-15H,1-2H3. The molecule has 0 spiro atoms. The van der Waals surface area contributed by atoms with E-state index in [1.165, 1.54) is 12.1 Å². The first-order valence-corrected chi connectivity index (χ1v) is 8.06. The zero-order chi connectivity index (χ0) is 14.2. The summed E-state index contributed by atoms with van der Waals surface area (Å²) in [7, 11) is -3.68. The number of aryl methyl sites for hydroxylation is 1. The summed E-state index contributed by atoms with van der Waals surface area (Å²) < 4.78 is 27.4. The lowest BCUT2D eigenvalue weighted by Gasteiger charge is -2.10. The van der Waals surface area contributed by atoms with E-state index < -0.39 is 10.0 Å². The van der Waals surface area contributed by atoms with Gasteiger partial charge in [0.1, 0.15) is 9.96 Å². The zero-order valence-corrected chi connectivity index (χ0v) is 12.7. The summed E-state index contributed by atoms with van der Waals surface area (Å²) in [5.74, 6) is 0.0422. The third-order valence-corrected chi connectivity index (χ3v) is 6.04. The van der Waals surface area contributed by atoms with Crippen LogP contribution in [0.2, 0.25) is 4.34 Å². The van der Waals surface area contributed by atoms with Crippen LogP contribution in [0, 0.1) is 13.8 Å². The SMILES string of the molecule is Cc1cc(S(=O)(=O)Nc2cccc(O)c2C)sc1Cl. The normalized spacial score (nSPS) is 11.5. The lowest BCUT2D eigenvalue weighted by molar-refractivity contribution is 0.471. The van der Waals surface area contributed by atoms with Crippen molar-refractivity contribution >= 4 is 38.6 Å². The highest BCUT2D eigenvalue weighted by Gasteiger charge is 2.19. The number of hydrogen-bond acceptors (Lipinski definition) is 4. The maximum absolute atomic E-state index is 12.2. The van der Waals surface area contributed by atoms with Crippen molar-refractivity contribution in [3.8, 4) is 5.75 Å². The largest absolute Gasteiger partial charge is 0.508 e. The van der Waals surface area contributed by atoms with Gasteiger partial charge in [0.05, 0.1) is 10.0 Å². The molecule has 0 aliphatic rings. The Morgan fingerprint density at radius 3 is 2.58 bits per heavy atom. The molecule has 2 N–H and O–H groups in total. The maximum Gasteiger partial charge on any atom is 0.271 e. The fraction of sp³-hybridized carbons (Fsp3) is 0.167. The molecule has 2 rings (SSSR count). The number of sulfonamides is 1. The van der Waals surface area contributed by atoms with Crippen LogP contribution in [0.15, 0.2) is 28.5 Å². The van der Waals surface area contributed by atoms with Crippen molar-refractivity contribution in [2.24, 2.45) is 0 Å². The van der Waals surface area contributed by atoms with Crippen LogP contribution in [-0.4, -0.2) is 13.5 Å². The van der Waals surface area contributed by atoms with Crippen molar-refractivity contribution < 1.29 is 13.5 Å².